The molecule has 1 N–H and O–H groups in total. The number of nitrogens with zero attached hydrogens (tertiary/aromatic N) is 2. The predicted octanol–water partition coefficient (Wildman–Crippen LogP) is 3.69. The largest absolute Gasteiger partial charge is 0.392 e. The zero-order chi connectivity index (χ0) is 16.8. The number of amides is 1. The lowest BCUT2D eigenvalue weighted by Gasteiger charge is -2.07. The van der Waals surface area contributed by atoms with E-state index < -0.39 is 0 Å². The second-order valence-corrected chi connectivity index (χ2v) is 6.36. The molecule has 0 unspecified atom stereocenters. The number of carbonyl (C=O) groups excluding carboxylic acids is 1. The maximum absolute atomic E-state index is 12.1. The molecule has 23 heavy (non-hydrogen) atoms. The summed E-state index contributed by atoms with van der Waals surface area (Å²) in [6.45, 7) is 1.99. The number of benzene rings is 1. The summed E-state index contributed by atoms with van der Waals surface area (Å²) in [6.07, 6.45) is 1.99. The number of carbonyl (C=O) groups is 1. The molecule has 1 aromatic carbocycles. The molecule has 4 nitrogen and oxygen atoms in total. The van der Waals surface area contributed by atoms with Crippen molar-refractivity contribution in [3.63, 3.8) is 0 Å². The van der Waals surface area contributed by atoms with Crippen molar-refractivity contribution >= 4 is 28.6 Å². The summed E-state index contributed by atoms with van der Waals surface area (Å²) >= 11 is 1.45. The molecule has 1 heterocycles. The van der Waals surface area contributed by atoms with E-state index in [0.717, 1.165) is 22.0 Å². The van der Waals surface area contributed by atoms with Crippen LogP contribution in [-0.4, -0.2) is 37.7 Å². The SMILES string of the molecule is CNC(C)=CC(=Nc1ccccc1)c1ccc(C(=O)N(C)C)s1. The van der Waals surface area contributed by atoms with Gasteiger partial charge in [0.1, 0.15) is 0 Å². The Bertz CT molecular complexity index is 730. The van der Waals surface area contributed by atoms with Crippen molar-refractivity contribution in [2.75, 3.05) is 21.1 Å². The molecule has 0 aliphatic carbocycles. The highest BCUT2D eigenvalue weighted by molar-refractivity contribution is 7.16. The van der Waals surface area contributed by atoms with Crippen molar-refractivity contribution < 1.29 is 4.79 Å². The van der Waals surface area contributed by atoms with E-state index >= 15 is 0 Å². The van der Waals surface area contributed by atoms with Crippen LogP contribution in [0.3, 0.4) is 0 Å². The smallest absolute Gasteiger partial charge is 0.263 e. The summed E-state index contributed by atoms with van der Waals surface area (Å²) in [6, 6.07) is 13.6. The van der Waals surface area contributed by atoms with E-state index in [0.29, 0.717) is 4.88 Å². The van der Waals surface area contributed by atoms with Gasteiger partial charge in [0.25, 0.3) is 5.91 Å². The number of hydrogen-bond donors (Lipinski definition) is 1. The van der Waals surface area contributed by atoms with Crippen LogP contribution in [0.15, 0.2) is 59.2 Å². The number of rotatable bonds is 5. The lowest BCUT2D eigenvalue weighted by Crippen LogP contribution is -2.20. The number of nitrogens with one attached hydrogen (secondary N) is 1. The van der Waals surface area contributed by atoms with Gasteiger partial charge in [0.05, 0.1) is 21.2 Å². The molecule has 1 amide bonds. The van der Waals surface area contributed by atoms with E-state index in [4.69, 9.17) is 4.99 Å². The van der Waals surface area contributed by atoms with Crippen LogP contribution in [0.1, 0.15) is 21.5 Å². The van der Waals surface area contributed by atoms with Crippen LogP contribution in [0.4, 0.5) is 5.69 Å². The zero-order valence-corrected chi connectivity index (χ0v) is 14.6. The monoisotopic (exact) mass is 327 g/mol. The fourth-order valence-electron chi connectivity index (χ4n) is 1.89. The fourth-order valence-corrected chi connectivity index (χ4v) is 2.88. The van der Waals surface area contributed by atoms with Crippen LogP contribution in [-0.2, 0) is 0 Å². The van der Waals surface area contributed by atoms with E-state index in [1.54, 1.807) is 19.0 Å². The molecule has 0 saturated heterocycles. The van der Waals surface area contributed by atoms with Gasteiger partial charge in [0.2, 0.25) is 0 Å². The second kappa shape index (κ2) is 7.74. The highest BCUT2D eigenvalue weighted by Gasteiger charge is 2.13. The van der Waals surface area contributed by atoms with E-state index in [1.807, 2.05) is 62.5 Å². The van der Waals surface area contributed by atoms with Crippen molar-refractivity contribution in [3.05, 3.63) is 64.0 Å². The minimum absolute atomic E-state index is 0.00892. The van der Waals surface area contributed by atoms with Crippen LogP contribution < -0.4 is 5.32 Å². The van der Waals surface area contributed by atoms with Crippen molar-refractivity contribution in [3.8, 4) is 0 Å². The molecule has 120 valence electrons. The topological polar surface area (TPSA) is 44.7 Å². The van der Waals surface area contributed by atoms with Gasteiger partial charge in [-0.1, -0.05) is 18.2 Å². The average molecular weight is 327 g/mol. The quantitative estimate of drug-likeness (QED) is 0.851. The highest BCUT2D eigenvalue weighted by Crippen LogP contribution is 2.22. The van der Waals surface area contributed by atoms with Crippen LogP contribution in [0, 0.1) is 0 Å². The molecule has 0 saturated carbocycles. The first-order valence-corrected chi connectivity index (χ1v) is 8.14. The minimum Gasteiger partial charge on any atom is -0.392 e. The van der Waals surface area contributed by atoms with Crippen LogP contribution in [0.5, 0.6) is 0 Å². The summed E-state index contributed by atoms with van der Waals surface area (Å²) in [5.41, 5.74) is 2.73. The van der Waals surface area contributed by atoms with E-state index in [2.05, 4.69) is 5.32 Å². The average Bonchev–Trinajstić information content (AvgIpc) is 3.04. The van der Waals surface area contributed by atoms with E-state index in [-0.39, 0.29) is 5.91 Å². The number of hydrogen-bond acceptors (Lipinski definition) is 4. The van der Waals surface area contributed by atoms with Gasteiger partial charge in [-0.2, -0.15) is 0 Å². The number of para-hydroxylation sites is 1. The van der Waals surface area contributed by atoms with Gasteiger partial charge in [-0.05, 0) is 37.3 Å². The molecule has 0 bridgehead atoms. The van der Waals surface area contributed by atoms with Crippen LogP contribution in [0.25, 0.3) is 0 Å². The molecule has 0 aliphatic rings. The van der Waals surface area contributed by atoms with Crippen molar-refractivity contribution in [2.24, 2.45) is 4.99 Å². The molecule has 0 radical (unpaired) electrons. The lowest BCUT2D eigenvalue weighted by molar-refractivity contribution is 0.0832. The first kappa shape index (κ1) is 17.0. The molecule has 2 aromatic rings. The Hall–Kier alpha value is -2.40. The van der Waals surface area contributed by atoms with Crippen LogP contribution >= 0.6 is 11.3 Å². The maximum Gasteiger partial charge on any atom is 0.263 e. The lowest BCUT2D eigenvalue weighted by atomic mass is 10.2. The molecule has 0 atom stereocenters. The molecule has 0 fully saturated rings. The second-order valence-electron chi connectivity index (χ2n) is 5.27. The Labute approximate surface area is 141 Å². The Morgan fingerprint density at radius 3 is 2.39 bits per heavy atom. The maximum atomic E-state index is 12.1. The van der Waals surface area contributed by atoms with E-state index in [1.165, 1.54) is 11.3 Å². The summed E-state index contributed by atoms with van der Waals surface area (Å²) in [4.78, 5) is 20.1. The van der Waals surface area contributed by atoms with E-state index in [9.17, 15) is 4.79 Å². The van der Waals surface area contributed by atoms with Crippen LogP contribution in [0.2, 0.25) is 0 Å². The number of thiophene rings is 1. The minimum atomic E-state index is 0.00892. The standard InChI is InChI=1S/C18H21N3OS/c1-13(19-2)12-15(20-14-8-6-5-7-9-14)16-10-11-17(23-16)18(22)21(3)4/h5-12,19H,1-4H3. The Kier molecular flexibility index (Phi) is 5.71. The molecular weight excluding hydrogens is 306 g/mol. The van der Waals surface area contributed by atoms with Crippen molar-refractivity contribution in [1.29, 1.82) is 0 Å². The van der Waals surface area contributed by atoms with Gasteiger partial charge in [0.15, 0.2) is 0 Å². The van der Waals surface area contributed by atoms with Gasteiger partial charge in [-0.15, -0.1) is 11.3 Å². The van der Waals surface area contributed by atoms with Gasteiger partial charge < -0.3 is 10.2 Å². The molecule has 1 aromatic heterocycles. The molecular formula is C18H21N3OS. The first-order valence-electron chi connectivity index (χ1n) is 7.33. The number of aliphatic imine (C=N–C) groups is 1. The highest BCUT2D eigenvalue weighted by atomic mass is 32.1. The molecule has 0 aliphatic heterocycles. The third kappa shape index (κ3) is 4.53. The zero-order valence-electron chi connectivity index (χ0n) is 13.8. The molecule has 0 spiro atoms. The Morgan fingerprint density at radius 1 is 1.13 bits per heavy atom. The Balaban J connectivity index is 2.43. The van der Waals surface area contributed by atoms with Crippen molar-refractivity contribution in [1.82, 2.24) is 10.2 Å². The summed E-state index contributed by atoms with van der Waals surface area (Å²) < 4.78 is 0. The first-order chi connectivity index (χ1) is 11.0. The predicted molar refractivity (Wildman–Crippen MR) is 97.8 cm³/mol. The normalized spacial score (nSPS) is 12.2. The third-order valence-corrected chi connectivity index (χ3v) is 4.32. The number of allylic oxidation sites excluding steroid dienone is 2. The van der Waals surface area contributed by atoms with Gasteiger partial charge in [0, 0.05) is 26.8 Å². The summed E-state index contributed by atoms with van der Waals surface area (Å²) in [5, 5.41) is 3.11. The molecule has 5 heteroatoms. The van der Waals surface area contributed by atoms with Gasteiger partial charge in [-0.25, -0.2) is 4.99 Å². The Morgan fingerprint density at radius 2 is 1.78 bits per heavy atom. The third-order valence-electron chi connectivity index (χ3n) is 3.23. The summed E-state index contributed by atoms with van der Waals surface area (Å²) in [5.74, 6) is 0.00892. The van der Waals surface area contributed by atoms with Gasteiger partial charge in [-0.3, -0.25) is 4.79 Å². The van der Waals surface area contributed by atoms with Crippen molar-refractivity contribution in [2.45, 2.75) is 6.92 Å². The van der Waals surface area contributed by atoms with Gasteiger partial charge >= 0.3 is 0 Å². The summed E-state index contributed by atoms with van der Waals surface area (Å²) in [7, 11) is 5.39. The fraction of sp³-hybridized carbons (Fsp3) is 0.222. The molecule has 2 rings (SSSR count).